The molecule has 4 aromatic carbocycles. The van der Waals surface area contributed by atoms with Crippen LogP contribution in [0.3, 0.4) is 0 Å². The van der Waals surface area contributed by atoms with E-state index in [0.717, 1.165) is 35.1 Å². The normalized spacial score (nSPS) is 17.1. The number of aliphatic hydroxyl groups excluding tert-OH is 1. The number of likely N-dealkylation sites (N-methyl/N-ethyl adjacent to an activating group) is 1. The molecule has 0 fully saturated rings. The molecule has 0 aliphatic carbocycles. The molecule has 13 nitrogen and oxygen atoms in total. The summed E-state index contributed by atoms with van der Waals surface area (Å²) in [6.45, 7) is 5.57. The second-order valence-electron chi connectivity index (χ2n) is 15.5. The van der Waals surface area contributed by atoms with Crippen LogP contribution in [0.1, 0.15) is 84.6 Å². The summed E-state index contributed by atoms with van der Waals surface area (Å²) in [6, 6.07) is 21.9. The summed E-state index contributed by atoms with van der Waals surface area (Å²) >= 11 is 0. The summed E-state index contributed by atoms with van der Waals surface area (Å²) in [5, 5.41) is 32.2. The lowest BCUT2D eigenvalue weighted by Gasteiger charge is -2.32. The van der Waals surface area contributed by atoms with Gasteiger partial charge in [-0.2, -0.15) is 0 Å². The summed E-state index contributed by atoms with van der Waals surface area (Å²) in [5.41, 5.74) is 12.6. The maximum absolute atomic E-state index is 14.4. The lowest BCUT2D eigenvalue weighted by molar-refractivity contribution is -0.143. The fourth-order valence-corrected chi connectivity index (χ4v) is 7.45. The van der Waals surface area contributed by atoms with Crippen molar-refractivity contribution in [2.24, 2.45) is 5.73 Å². The molecule has 13 heteroatoms. The van der Waals surface area contributed by atoms with Crippen molar-refractivity contribution in [2.75, 3.05) is 26.7 Å². The molecule has 1 aliphatic rings. The molecule has 0 saturated carbocycles. The van der Waals surface area contributed by atoms with E-state index >= 15 is 0 Å². The Hall–Kier alpha value is -6.05. The van der Waals surface area contributed by atoms with Crippen LogP contribution in [-0.2, 0) is 32.0 Å². The van der Waals surface area contributed by atoms with Gasteiger partial charge in [-0.25, -0.2) is 0 Å². The highest BCUT2D eigenvalue weighted by Gasteiger charge is 2.35. The number of benzene rings is 4. The highest BCUT2D eigenvalue weighted by molar-refractivity contribution is 5.96. The Bertz CT molecular complexity index is 2140. The number of hydrogen-bond donors (Lipinski definition) is 7. The molecule has 0 aromatic heterocycles. The standard InChI is InChI=1S/C47H58N6O7/c1-5-8-31-11-15-33(16-12-31)34-17-19-35(20-18-34)45(58)49-24-22-42(56)52-40(9-6-7-23-48)47(60)53(4)43-36-14-10-29(2)38(27-36)39-26-32(13-21-41(39)55)25-37(28-54)51-44(57)30(3)50-46(43)59/h10-21,26-27,30,37,40,43,54-55H,5-9,22-25,28,48H2,1-4H3,(H,49,58)(H,50,59)(H,51,57)(H,52,56)/t30-,37-,40+,43-/m0/s1. The highest BCUT2D eigenvalue weighted by Crippen LogP contribution is 2.36. The Kier molecular flexibility index (Phi) is 16.0. The highest BCUT2D eigenvalue weighted by atomic mass is 16.3. The van der Waals surface area contributed by atoms with Crippen LogP contribution in [0.5, 0.6) is 5.75 Å². The van der Waals surface area contributed by atoms with Gasteiger partial charge in [-0.15, -0.1) is 0 Å². The van der Waals surface area contributed by atoms with E-state index in [9.17, 15) is 34.2 Å². The van der Waals surface area contributed by atoms with E-state index in [4.69, 9.17) is 5.73 Å². The molecule has 5 amide bonds. The number of nitrogens with zero attached hydrogens (tertiary/aromatic N) is 1. The Morgan fingerprint density at radius 2 is 1.60 bits per heavy atom. The topological polar surface area (TPSA) is 203 Å². The van der Waals surface area contributed by atoms with Gasteiger partial charge in [0.2, 0.25) is 23.6 Å². The van der Waals surface area contributed by atoms with E-state index in [1.807, 2.05) is 19.1 Å². The van der Waals surface area contributed by atoms with Crippen LogP contribution in [0, 0.1) is 6.92 Å². The number of carbonyl (C=O) groups excluding carboxylic acids is 5. The number of aromatic hydroxyl groups is 1. The Balaban J connectivity index is 1.32. The number of carbonyl (C=O) groups is 5. The number of amides is 5. The third-order valence-electron chi connectivity index (χ3n) is 10.9. The van der Waals surface area contributed by atoms with Crippen molar-refractivity contribution in [3.63, 3.8) is 0 Å². The number of phenolic OH excluding ortho intramolecular Hbond substituents is 1. The lowest BCUT2D eigenvalue weighted by atomic mass is 9.91. The molecule has 0 unspecified atom stereocenters. The smallest absolute Gasteiger partial charge is 0.251 e. The van der Waals surface area contributed by atoms with Crippen molar-refractivity contribution in [3.05, 3.63) is 113 Å². The van der Waals surface area contributed by atoms with Gasteiger partial charge in [0, 0.05) is 31.1 Å². The van der Waals surface area contributed by atoms with Gasteiger partial charge in [-0.05, 0) is 122 Å². The first-order valence-electron chi connectivity index (χ1n) is 20.7. The number of nitrogens with two attached hydrogens (primary N) is 1. The van der Waals surface area contributed by atoms with Gasteiger partial charge in [-0.1, -0.05) is 67.9 Å². The first kappa shape index (κ1) is 45.0. The van der Waals surface area contributed by atoms with Gasteiger partial charge < -0.3 is 42.1 Å². The van der Waals surface area contributed by atoms with E-state index in [1.54, 1.807) is 48.5 Å². The molecule has 0 saturated heterocycles. The van der Waals surface area contributed by atoms with Gasteiger partial charge in [0.1, 0.15) is 23.9 Å². The zero-order chi connectivity index (χ0) is 43.3. The summed E-state index contributed by atoms with van der Waals surface area (Å²) in [4.78, 5) is 69.5. The quantitative estimate of drug-likeness (QED) is 0.0852. The van der Waals surface area contributed by atoms with E-state index in [2.05, 4.69) is 52.5 Å². The first-order valence-corrected chi connectivity index (χ1v) is 20.7. The van der Waals surface area contributed by atoms with E-state index in [-0.39, 0.29) is 44.1 Å². The minimum Gasteiger partial charge on any atom is -0.507 e. The lowest BCUT2D eigenvalue weighted by Crippen LogP contribution is -2.54. The Morgan fingerprint density at radius 3 is 2.27 bits per heavy atom. The number of phenols is 1. The molecule has 1 aliphatic heterocycles. The number of aryl methyl sites for hydroxylation is 2. The molecule has 0 radical (unpaired) electrons. The van der Waals surface area contributed by atoms with Crippen molar-refractivity contribution < 1.29 is 34.2 Å². The molecule has 4 bridgehead atoms. The summed E-state index contributed by atoms with van der Waals surface area (Å²) < 4.78 is 0. The van der Waals surface area contributed by atoms with Crippen LogP contribution in [0.4, 0.5) is 0 Å². The van der Waals surface area contributed by atoms with Crippen molar-refractivity contribution in [2.45, 2.75) is 89.9 Å². The van der Waals surface area contributed by atoms with Crippen LogP contribution < -0.4 is 27.0 Å². The monoisotopic (exact) mass is 818 g/mol. The molecule has 318 valence electrons. The molecule has 1 heterocycles. The number of fused-ring (bicyclic) bond motifs is 5. The Labute approximate surface area is 352 Å². The third-order valence-corrected chi connectivity index (χ3v) is 10.9. The van der Waals surface area contributed by atoms with Gasteiger partial charge in [0.05, 0.1) is 12.6 Å². The fraction of sp³-hybridized carbons (Fsp3) is 0.383. The van der Waals surface area contributed by atoms with Crippen LogP contribution in [0.25, 0.3) is 22.3 Å². The minimum atomic E-state index is -1.26. The zero-order valence-corrected chi connectivity index (χ0v) is 34.9. The molecule has 0 spiro atoms. The van der Waals surface area contributed by atoms with Crippen LogP contribution in [0.15, 0.2) is 84.9 Å². The molecule has 4 aromatic rings. The number of rotatable bonds is 15. The number of nitrogens with one attached hydrogen (secondary N) is 4. The third kappa shape index (κ3) is 11.6. The van der Waals surface area contributed by atoms with E-state index in [0.29, 0.717) is 41.6 Å². The van der Waals surface area contributed by atoms with Gasteiger partial charge in [0.15, 0.2) is 0 Å². The first-order chi connectivity index (χ1) is 28.8. The number of aliphatic hydroxyl groups is 1. The van der Waals surface area contributed by atoms with Crippen molar-refractivity contribution >= 4 is 29.5 Å². The van der Waals surface area contributed by atoms with Crippen LogP contribution in [0.2, 0.25) is 0 Å². The molecule has 8 N–H and O–H groups in total. The number of hydrogen-bond acceptors (Lipinski definition) is 8. The second kappa shape index (κ2) is 21.3. The van der Waals surface area contributed by atoms with E-state index < -0.39 is 47.8 Å². The molecular formula is C47H58N6O7. The van der Waals surface area contributed by atoms with Crippen LogP contribution >= 0.6 is 0 Å². The van der Waals surface area contributed by atoms with E-state index in [1.165, 1.54) is 24.4 Å². The average Bonchev–Trinajstić information content (AvgIpc) is 3.24. The van der Waals surface area contributed by atoms with Crippen molar-refractivity contribution in [1.82, 2.24) is 26.2 Å². The predicted molar refractivity (Wildman–Crippen MR) is 232 cm³/mol. The zero-order valence-electron chi connectivity index (χ0n) is 34.9. The summed E-state index contributed by atoms with van der Waals surface area (Å²) in [7, 11) is 1.47. The van der Waals surface area contributed by atoms with Crippen molar-refractivity contribution in [1.29, 1.82) is 0 Å². The largest absolute Gasteiger partial charge is 0.507 e. The summed E-state index contributed by atoms with van der Waals surface area (Å²) in [5.74, 6) is -2.53. The number of unbranched alkanes of at least 4 members (excludes halogenated alkanes) is 1. The maximum atomic E-state index is 14.4. The fourth-order valence-electron chi connectivity index (χ4n) is 7.45. The van der Waals surface area contributed by atoms with Gasteiger partial charge >= 0.3 is 0 Å². The predicted octanol–water partition coefficient (Wildman–Crippen LogP) is 4.46. The summed E-state index contributed by atoms with van der Waals surface area (Å²) in [6.07, 6.45) is 3.62. The average molecular weight is 819 g/mol. The molecule has 60 heavy (non-hydrogen) atoms. The van der Waals surface area contributed by atoms with Gasteiger partial charge in [-0.3, -0.25) is 24.0 Å². The van der Waals surface area contributed by atoms with Crippen LogP contribution in [-0.4, -0.2) is 89.5 Å². The molecule has 4 atom stereocenters. The molecule has 5 rings (SSSR count). The molecular weight excluding hydrogens is 761 g/mol. The van der Waals surface area contributed by atoms with Gasteiger partial charge in [0.25, 0.3) is 5.91 Å². The minimum absolute atomic E-state index is 0.00434. The second-order valence-corrected chi connectivity index (χ2v) is 15.5. The van der Waals surface area contributed by atoms with Crippen molar-refractivity contribution in [3.8, 4) is 28.0 Å². The maximum Gasteiger partial charge on any atom is 0.251 e. The Morgan fingerprint density at radius 1 is 0.900 bits per heavy atom. The SMILES string of the molecule is CCCc1ccc(-c2ccc(C(=O)NCCC(=O)N[C@H](CCCCN)C(=O)N(C)[C@@H]3C(=O)N[C@@H](C)C(=O)N[C@H](CO)Cc4ccc(O)c(c4)-c4cc3ccc4C)cc2)cc1.